The number of hydrogen-bond donors (Lipinski definition) is 1. The molecule has 0 saturated carbocycles. The third-order valence-corrected chi connectivity index (χ3v) is 3.71. The molecule has 1 saturated heterocycles. The average Bonchev–Trinajstić information content (AvgIpc) is 2.39. The van der Waals surface area contributed by atoms with Crippen molar-refractivity contribution >= 4 is 5.91 Å². The monoisotopic (exact) mass is 247 g/mol. The number of amides is 1. The van der Waals surface area contributed by atoms with Gasteiger partial charge in [-0.15, -0.1) is 0 Å². The SMILES string of the molecule is CNC(=O)C1(C)CCCN(Cc2ccncc2)C1. The third-order valence-electron chi connectivity index (χ3n) is 3.71. The first-order chi connectivity index (χ1) is 8.64. The fraction of sp³-hybridized carbons (Fsp3) is 0.571. The van der Waals surface area contributed by atoms with Gasteiger partial charge in [0, 0.05) is 32.5 Å². The normalized spacial score (nSPS) is 24.8. The quantitative estimate of drug-likeness (QED) is 0.879. The molecule has 0 spiro atoms. The number of piperidine rings is 1. The van der Waals surface area contributed by atoms with Gasteiger partial charge in [-0.05, 0) is 44.0 Å². The van der Waals surface area contributed by atoms with Gasteiger partial charge in [0.1, 0.15) is 0 Å². The van der Waals surface area contributed by atoms with Crippen LogP contribution in [0.3, 0.4) is 0 Å². The minimum atomic E-state index is -0.250. The predicted octanol–water partition coefficient (Wildman–Crippen LogP) is 1.43. The number of hydrogen-bond acceptors (Lipinski definition) is 3. The van der Waals surface area contributed by atoms with Gasteiger partial charge < -0.3 is 5.32 Å². The lowest BCUT2D eigenvalue weighted by atomic mass is 9.81. The van der Waals surface area contributed by atoms with Gasteiger partial charge in [0.05, 0.1) is 5.41 Å². The smallest absolute Gasteiger partial charge is 0.226 e. The number of rotatable bonds is 3. The number of nitrogens with zero attached hydrogens (tertiary/aromatic N) is 2. The third kappa shape index (κ3) is 2.88. The average molecular weight is 247 g/mol. The molecule has 1 atom stereocenters. The molecule has 1 aromatic rings. The highest BCUT2D eigenvalue weighted by molar-refractivity contribution is 5.82. The summed E-state index contributed by atoms with van der Waals surface area (Å²) < 4.78 is 0. The van der Waals surface area contributed by atoms with Gasteiger partial charge >= 0.3 is 0 Å². The molecule has 4 heteroatoms. The topological polar surface area (TPSA) is 45.2 Å². The lowest BCUT2D eigenvalue weighted by Gasteiger charge is -2.39. The fourth-order valence-electron chi connectivity index (χ4n) is 2.71. The molecule has 1 fully saturated rings. The maximum atomic E-state index is 11.9. The molecule has 1 unspecified atom stereocenters. The Balaban J connectivity index is 2.01. The molecular weight excluding hydrogens is 226 g/mol. The first-order valence-electron chi connectivity index (χ1n) is 6.47. The Labute approximate surface area is 108 Å². The highest BCUT2D eigenvalue weighted by atomic mass is 16.2. The van der Waals surface area contributed by atoms with E-state index in [1.54, 1.807) is 7.05 Å². The largest absolute Gasteiger partial charge is 0.359 e. The highest BCUT2D eigenvalue weighted by Gasteiger charge is 2.36. The Morgan fingerprint density at radius 2 is 2.22 bits per heavy atom. The number of carbonyl (C=O) groups is 1. The first-order valence-corrected chi connectivity index (χ1v) is 6.47. The summed E-state index contributed by atoms with van der Waals surface area (Å²) in [4.78, 5) is 18.3. The maximum Gasteiger partial charge on any atom is 0.226 e. The molecule has 1 N–H and O–H groups in total. The van der Waals surface area contributed by atoms with Gasteiger partial charge in [0.25, 0.3) is 0 Å². The molecule has 98 valence electrons. The summed E-state index contributed by atoms with van der Waals surface area (Å²) in [5.41, 5.74) is 1.01. The number of aromatic nitrogens is 1. The second-order valence-electron chi connectivity index (χ2n) is 5.31. The van der Waals surface area contributed by atoms with E-state index in [1.807, 2.05) is 24.5 Å². The van der Waals surface area contributed by atoms with Gasteiger partial charge in [0.2, 0.25) is 5.91 Å². The minimum absolute atomic E-state index is 0.155. The zero-order valence-electron chi connectivity index (χ0n) is 11.1. The number of carbonyl (C=O) groups excluding carboxylic acids is 1. The van der Waals surface area contributed by atoms with Crippen LogP contribution in [0.15, 0.2) is 24.5 Å². The van der Waals surface area contributed by atoms with Crippen molar-refractivity contribution in [2.45, 2.75) is 26.3 Å². The van der Waals surface area contributed by atoms with Crippen LogP contribution in [0.2, 0.25) is 0 Å². The Bertz CT molecular complexity index is 407. The van der Waals surface area contributed by atoms with E-state index in [4.69, 9.17) is 0 Å². The number of nitrogens with one attached hydrogen (secondary N) is 1. The minimum Gasteiger partial charge on any atom is -0.359 e. The summed E-state index contributed by atoms with van der Waals surface area (Å²) in [7, 11) is 1.72. The van der Waals surface area contributed by atoms with Crippen molar-refractivity contribution in [2.75, 3.05) is 20.1 Å². The molecule has 4 nitrogen and oxygen atoms in total. The lowest BCUT2D eigenvalue weighted by molar-refractivity contribution is -0.132. The van der Waals surface area contributed by atoms with Gasteiger partial charge in [-0.1, -0.05) is 0 Å². The highest BCUT2D eigenvalue weighted by Crippen LogP contribution is 2.30. The molecule has 2 heterocycles. The van der Waals surface area contributed by atoms with Gasteiger partial charge in [-0.25, -0.2) is 0 Å². The van der Waals surface area contributed by atoms with E-state index in [9.17, 15) is 4.79 Å². The number of likely N-dealkylation sites (tertiary alicyclic amines) is 1. The molecule has 1 aliphatic rings. The summed E-state index contributed by atoms with van der Waals surface area (Å²) in [6, 6.07) is 4.07. The Hall–Kier alpha value is -1.42. The Morgan fingerprint density at radius 1 is 1.50 bits per heavy atom. The van der Waals surface area contributed by atoms with E-state index >= 15 is 0 Å². The van der Waals surface area contributed by atoms with E-state index in [2.05, 4.69) is 22.1 Å². The molecule has 0 radical (unpaired) electrons. The van der Waals surface area contributed by atoms with Crippen molar-refractivity contribution in [3.63, 3.8) is 0 Å². The Morgan fingerprint density at radius 3 is 2.89 bits per heavy atom. The van der Waals surface area contributed by atoms with E-state index in [0.717, 1.165) is 32.5 Å². The van der Waals surface area contributed by atoms with Crippen molar-refractivity contribution < 1.29 is 4.79 Å². The summed E-state index contributed by atoms with van der Waals surface area (Å²) in [6.07, 6.45) is 5.68. The van der Waals surface area contributed by atoms with E-state index in [1.165, 1.54) is 5.56 Å². The molecule has 0 aromatic carbocycles. The molecule has 2 rings (SSSR count). The molecule has 0 aliphatic carbocycles. The van der Waals surface area contributed by atoms with Crippen LogP contribution < -0.4 is 5.32 Å². The van der Waals surface area contributed by atoms with Crippen molar-refractivity contribution in [2.24, 2.45) is 5.41 Å². The molecule has 0 bridgehead atoms. The molecule has 1 aliphatic heterocycles. The first kappa shape index (κ1) is 13.0. The van der Waals surface area contributed by atoms with E-state index < -0.39 is 0 Å². The van der Waals surface area contributed by atoms with Gasteiger partial charge in [-0.2, -0.15) is 0 Å². The predicted molar refractivity (Wildman–Crippen MR) is 70.9 cm³/mol. The van der Waals surface area contributed by atoms with E-state index in [0.29, 0.717) is 0 Å². The zero-order chi connectivity index (χ0) is 13.0. The van der Waals surface area contributed by atoms with Crippen molar-refractivity contribution in [1.29, 1.82) is 0 Å². The van der Waals surface area contributed by atoms with Crippen LogP contribution in [0, 0.1) is 5.41 Å². The summed E-state index contributed by atoms with van der Waals surface area (Å²) in [6.45, 7) is 4.85. The lowest BCUT2D eigenvalue weighted by Crippen LogP contribution is -2.49. The van der Waals surface area contributed by atoms with Gasteiger partial charge in [0.15, 0.2) is 0 Å². The number of pyridine rings is 1. The van der Waals surface area contributed by atoms with Gasteiger partial charge in [-0.3, -0.25) is 14.7 Å². The summed E-state index contributed by atoms with van der Waals surface area (Å²) in [5, 5.41) is 2.78. The fourth-order valence-corrected chi connectivity index (χ4v) is 2.71. The Kier molecular flexibility index (Phi) is 3.97. The van der Waals surface area contributed by atoms with Crippen LogP contribution >= 0.6 is 0 Å². The van der Waals surface area contributed by atoms with Crippen LogP contribution in [0.25, 0.3) is 0 Å². The zero-order valence-corrected chi connectivity index (χ0v) is 11.1. The van der Waals surface area contributed by atoms with E-state index in [-0.39, 0.29) is 11.3 Å². The van der Waals surface area contributed by atoms with Crippen molar-refractivity contribution in [3.05, 3.63) is 30.1 Å². The standard InChI is InChI=1S/C14H21N3O/c1-14(13(18)15-2)6-3-9-17(11-14)10-12-4-7-16-8-5-12/h4-5,7-8H,3,6,9-11H2,1-2H3,(H,15,18). The second-order valence-corrected chi connectivity index (χ2v) is 5.31. The summed E-state index contributed by atoms with van der Waals surface area (Å²) >= 11 is 0. The van der Waals surface area contributed by atoms with Crippen LogP contribution in [0.4, 0.5) is 0 Å². The van der Waals surface area contributed by atoms with Crippen LogP contribution in [0.5, 0.6) is 0 Å². The second kappa shape index (κ2) is 5.48. The van der Waals surface area contributed by atoms with Crippen molar-refractivity contribution in [1.82, 2.24) is 15.2 Å². The van der Waals surface area contributed by atoms with Crippen LogP contribution in [0.1, 0.15) is 25.3 Å². The van der Waals surface area contributed by atoms with Crippen LogP contribution in [-0.2, 0) is 11.3 Å². The van der Waals surface area contributed by atoms with Crippen LogP contribution in [-0.4, -0.2) is 35.9 Å². The molecule has 1 aromatic heterocycles. The molecule has 1 amide bonds. The maximum absolute atomic E-state index is 11.9. The molecule has 18 heavy (non-hydrogen) atoms. The molecular formula is C14H21N3O. The van der Waals surface area contributed by atoms with Crippen molar-refractivity contribution in [3.8, 4) is 0 Å². The summed E-state index contributed by atoms with van der Waals surface area (Å²) in [5.74, 6) is 0.155.